The number of piperidine rings is 1. The average Bonchev–Trinajstić information content (AvgIpc) is 2.62. The van der Waals surface area contributed by atoms with Crippen molar-refractivity contribution in [2.24, 2.45) is 0 Å². The topological polar surface area (TPSA) is 49.8 Å². The molecule has 1 N–H and O–H groups in total. The molecular weight excluding hydrogens is 340 g/mol. The molecule has 4 nitrogen and oxygen atoms in total. The van der Waals surface area contributed by atoms with Crippen LogP contribution in [0.25, 0.3) is 0 Å². The molecule has 0 aliphatic carbocycles. The lowest BCUT2D eigenvalue weighted by molar-refractivity contribution is -0.145. The van der Waals surface area contributed by atoms with Crippen molar-refractivity contribution in [1.29, 1.82) is 0 Å². The van der Waals surface area contributed by atoms with Gasteiger partial charge in [0.05, 0.1) is 13.2 Å². The Kier molecular flexibility index (Phi) is 5.52. The first kappa shape index (κ1) is 18.3. The number of methoxy groups -OCH3 is 1. The standard InChI is InChI=1S/C20H21F2NO3/c1-26-18-9-8-15(22)12-16(18)19(13-5-4-6-14(21)11-13)23-10-3-2-7-17(23)20(24)25/h4-6,8-9,11-12,17,19H,2-3,7,10H2,1H3,(H,24,25). The molecule has 2 aromatic carbocycles. The van der Waals surface area contributed by atoms with E-state index in [1.54, 1.807) is 17.0 Å². The first-order chi connectivity index (χ1) is 12.5. The van der Waals surface area contributed by atoms with E-state index in [1.165, 1.54) is 37.4 Å². The Hall–Kier alpha value is -2.47. The molecule has 1 aliphatic heterocycles. The summed E-state index contributed by atoms with van der Waals surface area (Å²) < 4.78 is 33.3. The molecule has 2 aromatic rings. The van der Waals surface area contributed by atoms with Crippen LogP contribution in [0.4, 0.5) is 8.78 Å². The van der Waals surface area contributed by atoms with E-state index in [1.807, 2.05) is 0 Å². The van der Waals surface area contributed by atoms with E-state index in [9.17, 15) is 18.7 Å². The Morgan fingerprint density at radius 2 is 1.96 bits per heavy atom. The minimum absolute atomic E-state index is 0.424. The molecule has 6 heteroatoms. The Morgan fingerprint density at radius 3 is 2.65 bits per heavy atom. The fourth-order valence-electron chi connectivity index (χ4n) is 3.67. The molecule has 0 aromatic heterocycles. The molecular formula is C20H21F2NO3. The van der Waals surface area contributed by atoms with Gasteiger partial charge in [0, 0.05) is 5.56 Å². The molecule has 2 unspecified atom stereocenters. The summed E-state index contributed by atoms with van der Waals surface area (Å²) in [6, 6.07) is 8.79. The van der Waals surface area contributed by atoms with Crippen molar-refractivity contribution >= 4 is 5.97 Å². The number of nitrogens with zero attached hydrogens (tertiary/aromatic N) is 1. The van der Waals surface area contributed by atoms with Crippen LogP contribution in [0.2, 0.25) is 0 Å². The number of ether oxygens (including phenoxy) is 1. The molecule has 0 amide bonds. The molecule has 2 atom stereocenters. The van der Waals surface area contributed by atoms with E-state index in [2.05, 4.69) is 0 Å². The molecule has 1 fully saturated rings. The summed E-state index contributed by atoms with van der Waals surface area (Å²) in [7, 11) is 1.48. The Balaban J connectivity index is 2.17. The van der Waals surface area contributed by atoms with Crippen LogP contribution in [0.15, 0.2) is 42.5 Å². The van der Waals surface area contributed by atoms with Gasteiger partial charge in [-0.2, -0.15) is 0 Å². The van der Waals surface area contributed by atoms with Crippen LogP contribution in [0.1, 0.15) is 36.4 Å². The van der Waals surface area contributed by atoms with Gasteiger partial charge in [-0.25, -0.2) is 8.78 Å². The lowest BCUT2D eigenvalue weighted by Gasteiger charge is -2.40. The van der Waals surface area contributed by atoms with Crippen molar-refractivity contribution in [3.8, 4) is 5.75 Å². The normalized spacial score (nSPS) is 19.1. The molecule has 1 heterocycles. The fraction of sp³-hybridized carbons (Fsp3) is 0.350. The molecule has 26 heavy (non-hydrogen) atoms. The SMILES string of the molecule is COc1ccc(F)cc1C(c1cccc(F)c1)N1CCCCC1C(=O)O. The van der Waals surface area contributed by atoms with E-state index in [-0.39, 0.29) is 0 Å². The van der Waals surface area contributed by atoms with Gasteiger partial charge in [0.1, 0.15) is 23.4 Å². The second-order valence-corrected chi connectivity index (χ2v) is 6.43. The van der Waals surface area contributed by atoms with Crippen LogP contribution in [0.5, 0.6) is 5.75 Å². The number of carboxylic acids is 1. The number of benzene rings is 2. The molecule has 3 rings (SSSR count). The predicted octanol–water partition coefficient (Wildman–Crippen LogP) is 4.00. The maximum Gasteiger partial charge on any atom is 0.320 e. The third kappa shape index (κ3) is 3.70. The van der Waals surface area contributed by atoms with Gasteiger partial charge in [0.15, 0.2) is 0 Å². The maximum atomic E-state index is 14.0. The van der Waals surface area contributed by atoms with Gasteiger partial charge in [-0.15, -0.1) is 0 Å². The highest BCUT2D eigenvalue weighted by atomic mass is 19.1. The van der Waals surface area contributed by atoms with E-state index in [0.29, 0.717) is 29.8 Å². The zero-order valence-corrected chi connectivity index (χ0v) is 14.5. The molecule has 0 saturated carbocycles. The van der Waals surface area contributed by atoms with Crippen LogP contribution in [0.3, 0.4) is 0 Å². The van der Waals surface area contributed by atoms with Gasteiger partial charge in [0.25, 0.3) is 0 Å². The maximum absolute atomic E-state index is 14.0. The molecule has 0 spiro atoms. The summed E-state index contributed by atoms with van der Waals surface area (Å²) in [5.74, 6) is -1.37. The molecule has 138 valence electrons. The minimum Gasteiger partial charge on any atom is -0.496 e. The van der Waals surface area contributed by atoms with Crippen molar-refractivity contribution in [3.63, 3.8) is 0 Å². The molecule has 0 bridgehead atoms. The summed E-state index contributed by atoms with van der Waals surface area (Å²) in [4.78, 5) is 13.6. The molecule has 0 radical (unpaired) electrons. The number of hydrogen-bond donors (Lipinski definition) is 1. The third-order valence-corrected chi connectivity index (χ3v) is 4.81. The highest BCUT2D eigenvalue weighted by Crippen LogP contribution is 2.38. The number of likely N-dealkylation sites (tertiary alicyclic amines) is 1. The van der Waals surface area contributed by atoms with Gasteiger partial charge in [-0.3, -0.25) is 9.69 Å². The Labute approximate surface area is 151 Å². The fourth-order valence-corrected chi connectivity index (χ4v) is 3.67. The summed E-state index contributed by atoms with van der Waals surface area (Å²) >= 11 is 0. The van der Waals surface area contributed by atoms with Crippen LogP contribution in [-0.4, -0.2) is 35.7 Å². The number of carbonyl (C=O) groups is 1. The lowest BCUT2D eigenvalue weighted by atomic mass is 9.91. The molecule has 1 aliphatic rings. The predicted molar refractivity (Wildman–Crippen MR) is 93.2 cm³/mol. The minimum atomic E-state index is -0.929. The van der Waals surface area contributed by atoms with Crippen molar-refractivity contribution in [3.05, 3.63) is 65.2 Å². The van der Waals surface area contributed by atoms with Gasteiger partial charge < -0.3 is 9.84 Å². The zero-order valence-electron chi connectivity index (χ0n) is 14.5. The average molecular weight is 361 g/mol. The first-order valence-electron chi connectivity index (χ1n) is 8.58. The van der Waals surface area contributed by atoms with Crippen LogP contribution in [0, 0.1) is 11.6 Å². The van der Waals surface area contributed by atoms with Crippen molar-refractivity contribution in [2.45, 2.75) is 31.3 Å². The molecule has 1 saturated heterocycles. The first-order valence-corrected chi connectivity index (χ1v) is 8.58. The van der Waals surface area contributed by atoms with Crippen LogP contribution in [-0.2, 0) is 4.79 Å². The monoisotopic (exact) mass is 361 g/mol. The van der Waals surface area contributed by atoms with Crippen LogP contribution >= 0.6 is 0 Å². The largest absolute Gasteiger partial charge is 0.496 e. The summed E-state index contributed by atoms with van der Waals surface area (Å²) in [5.41, 5.74) is 1.06. The number of aliphatic carboxylic acids is 1. The Morgan fingerprint density at radius 1 is 1.19 bits per heavy atom. The van der Waals surface area contributed by atoms with Crippen LogP contribution < -0.4 is 4.74 Å². The number of halogens is 2. The quantitative estimate of drug-likeness (QED) is 0.875. The second-order valence-electron chi connectivity index (χ2n) is 6.43. The zero-order chi connectivity index (χ0) is 18.7. The highest BCUT2D eigenvalue weighted by Gasteiger charge is 2.36. The second kappa shape index (κ2) is 7.83. The summed E-state index contributed by atoms with van der Waals surface area (Å²) in [6.07, 6.45) is 2.13. The Bertz CT molecular complexity index is 796. The van der Waals surface area contributed by atoms with Gasteiger partial charge >= 0.3 is 5.97 Å². The van der Waals surface area contributed by atoms with Crippen molar-refractivity contribution in [2.75, 3.05) is 13.7 Å². The van der Waals surface area contributed by atoms with Crippen molar-refractivity contribution < 1.29 is 23.4 Å². The van der Waals surface area contributed by atoms with Gasteiger partial charge in [-0.1, -0.05) is 18.6 Å². The van der Waals surface area contributed by atoms with Gasteiger partial charge in [0.2, 0.25) is 0 Å². The smallest absolute Gasteiger partial charge is 0.320 e. The van der Waals surface area contributed by atoms with E-state index >= 15 is 0 Å². The third-order valence-electron chi connectivity index (χ3n) is 4.81. The summed E-state index contributed by atoms with van der Waals surface area (Å²) in [5, 5.41) is 9.67. The highest BCUT2D eigenvalue weighted by molar-refractivity contribution is 5.73. The van der Waals surface area contributed by atoms with Crippen molar-refractivity contribution in [1.82, 2.24) is 4.90 Å². The number of carboxylic acid groups (broad SMARTS) is 1. The van der Waals surface area contributed by atoms with E-state index < -0.39 is 29.7 Å². The number of rotatable bonds is 5. The van der Waals surface area contributed by atoms with E-state index in [0.717, 1.165) is 12.8 Å². The van der Waals surface area contributed by atoms with Gasteiger partial charge in [-0.05, 0) is 55.3 Å². The summed E-state index contributed by atoms with van der Waals surface area (Å²) in [6.45, 7) is 0.526. The number of hydrogen-bond acceptors (Lipinski definition) is 3. The van der Waals surface area contributed by atoms with E-state index in [4.69, 9.17) is 4.74 Å². The lowest BCUT2D eigenvalue weighted by Crippen LogP contribution is -2.47.